The van der Waals surface area contributed by atoms with Gasteiger partial charge in [0.25, 0.3) is 5.89 Å². The van der Waals surface area contributed by atoms with Gasteiger partial charge in [0.2, 0.25) is 0 Å². The van der Waals surface area contributed by atoms with Crippen LogP contribution >= 0.6 is 0 Å². The van der Waals surface area contributed by atoms with E-state index in [1.807, 2.05) is 6.92 Å². The summed E-state index contributed by atoms with van der Waals surface area (Å²) in [7, 11) is 1.60. The summed E-state index contributed by atoms with van der Waals surface area (Å²) in [5, 5.41) is 9.93. The predicted molar refractivity (Wildman–Crippen MR) is 88.2 cm³/mol. The second-order valence-electron chi connectivity index (χ2n) is 6.34. The molecule has 1 aliphatic rings. The summed E-state index contributed by atoms with van der Waals surface area (Å²) in [5.41, 5.74) is 0.884. The van der Waals surface area contributed by atoms with Gasteiger partial charge in [0.15, 0.2) is 0 Å². The number of hydrogen-bond acceptors (Lipinski definition) is 6. The fourth-order valence-electron chi connectivity index (χ4n) is 2.33. The summed E-state index contributed by atoms with van der Waals surface area (Å²) in [5.74, 6) is -2.04. The molecule has 1 aromatic rings. The van der Waals surface area contributed by atoms with Gasteiger partial charge in [0.1, 0.15) is 5.76 Å². The number of aliphatic carboxylic acids is 1. The molecule has 1 aliphatic heterocycles. The number of oxazole rings is 1. The van der Waals surface area contributed by atoms with Crippen molar-refractivity contribution in [3.63, 3.8) is 0 Å². The van der Waals surface area contributed by atoms with Crippen LogP contribution in [0.2, 0.25) is 0 Å². The third kappa shape index (κ3) is 7.18. The molecule has 2 rings (SSSR count). The number of amides is 1. The van der Waals surface area contributed by atoms with Crippen LogP contribution in [0, 0.1) is 0 Å². The number of nitrogens with one attached hydrogen (secondary N) is 1. The molecule has 1 atom stereocenters. The van der Waals surface area contributed by atoms with Gasteiger partial charge < -0.3 is 19.6 Å². The molecule has 0 saturated carbocycles. The molecule has 0 saturated heterocycles. The number of carboxylic acids is 1. The van der Waals surface area contributed by atoms with Crippen molar-refractivity contribution in [2.75, 3.05) is 20.3 Å². The largest absolute Gasteiger partial charge is 0.490 e. The van der Waals surface area contributed by atoms with Crippen molar-refractivity contribution < 1.29 is 37.0 Å². The van der Waals surface area contributed by atoms with E-state index in [1.165, 1.54) is 0 Å². The van der Waals surface area contributed by atoms with Crippen LogP contribution in [-0.4, -0.2) is 65.4 Å². The Balaban J connectivity index is 0.000000445. The number of carbonyl (C=O) groups is 2. The Bertz CT molecular complexity index is 646. The van der Waals surface area contributed by atoms with Crippen LogP contribution in [0.15, 0.2) is 4.42 Å². The fraction of sp³-hybridized carbons (Fsp3) is 0.688. The first-order valence-electron chi connectivity index (χ1n) is 8.28. The van der Waals surface area contributed by atoms with E-state index < -0.39 is 12.1 Å². The van der Waals surface area contributed by atoms with E-state index in [0.717, 1.165) is 31.0 Å². The third-order valence-corrected chi connectivity index (χ3v) is 3.72. The molecule has 1 amide bonds. The Labute approximate surface area is 154 Å². The lowest BCUT2D eigenvalue weighted by molar-refractivity contribution is -0.192. The summed E-state index contributed by atoms with van der Waals surface area (Å²) in [6, 6.07) is 0.405. The first kappa shape index (κ1) is 22.9. The minimum absolute atomic E-state index is 0.0661. The van der Waals surface area contributed by atoms with Crippen LogP contribution in [0.25, 0.3) is 0 Å². The maximum atomic E-state index is 12.0. The number of alkyl halides is 3. The average Bonchev–Trinajstić information content (AvgIpc) is 2.97. The lowest BCUT2D eigenvalue weighted by Crippen LogP contribution is -2.36. The number of carboxylic acid groups (broad SMARTS) is 1. The van der Waals surface area contributed by atoms with Crippen LogP contribution in [0.5, 0.6) is 0 Å². The molecule has 0 aromatic carbocycles. The van der Waals surface area contributed by atoms with Gasteiger partial charge in [0.05, 0.1) is 12.3 Å². The number of ether oxygens (including phenoxy) is 1. The minimum atomic E-state index is -5.08. The molecule has 11 heteroatoms. The Morgan fingerprint density at radius 1 is 1.37 bits per heavy atom. The molecule has 2 N–H and O–H groups in total. The number of aromatic nitrogens is 1. The van der Waals surface area contributed by atoms with Crippen LogP contribution < -0.4 is 5.32 Å². The molecule has 2 heterocycles. The molecule has 27 heavy (non-hydrogen) atoms. The Morgan fingerprint density at radius 3 is 2.44 bits per heavy atom. The molecule has 0 unspecified atom stereocenters. The van der Waals surface area contributed by atoms with Crippen LogP contribution in [0.1, 0.15) is 42.9 Å². The Morgan fingerprint density at radius 2 is 1.96 bits per heavy atom. The van der Waals surface area contributed by atoms with Gasteiger partial charge in [-0.05, 0) is 20.8 Å². The lowest BCUT2D eigenvalue weighted by Gasteiger charge is -2.28. The van der Waals surface area contributed by atoms with Crippen molar-refractivity contribution in [2.24, 2.45) is 0 Å². The molecule has 8 nitrogen and oxygen atoms in total. The summed E-state index contributed by atoms with van der Waals surface area (Å²) < 4.78 is 42.3. The summed E-state index contributed by atoms with van der Waals surface area (Å²) in [4.78, 5) is 27.6. The molecule has 0 fully saturated rings. The first-order valence-corrected chi connectivity index (χ1v) is 8.28. The van der Waals surface area contributed by atoms with Gasteiger partial charge >= 0.3 is 18.1 Å². The standard InChI is InChI=1S/C14H23N3O3.C2HF3O2/c1-9(2)17-6-5-12-11(7-17)16-14(20-12)13(18)15-10(3)8-19-4;3-2(4,5)1(6)7/h9-10H,5-8H2,1-4H3,(H,15,18);(H,6,7)/t10-;/m0./s1. The van der Waals surface area contributed by atoms with Crippen LogP contribution in [0.3, 0.4) is 0 Å². The molecule has 1 aromatic heterocycles. The molecule has 0 radical (unpaired) electrons. The SMILES string of the molecule is COC[C@H](C)NC(=O)c1nc2c(o1)CCN(C(C)C)C2.O=C(O)C(F)(F)F. The lowest BCUT2D eigenvalue weighted by atomic mass is 10.1. The maximum absolute atomic E-state index is 12.0. The Hall–Kier alpha value is -2.14. The zero-order valence-electron chi connectivity index (χ0n) is 15.6. The number of carbonyl (C=O) groups excluding carboxylic acids is 1. The Kier molecular flexibility index (Phi) is 8.22. The van der Waals surface area contributed by atoms with Crippen LogP contribution in [0.4, 0.5) is 13.2 Å². The quantitative estimate of drug-likeness (QED) is 0.784. The van der Waals surface area contributed by atoms with E-state index in [9.17, 15) is 18.0 Å². The van der Waals surface area contributed by atoms with Gasteiger partial charge in [-0.3, -0.25) is 9.69 Å². The number of nitrogens with zero attached hydrogens (tertiary/aromatic N) is 2. The van der Waals surface area contributed by atoms with Gasteiger partial charge in [-0.2, -0.15) is 13.2 Å². The zero-order valence-corrected chi connectivity index (χ0v) is 15.6. The molecule has 154 valence electrons. The van der Waals surface area contributed by atoms with Crippen molar-refractivity contribution in [1.29, 1.82) is 0 Å². The molecular weight excluding hydrogens is 371 g/mol. The second kappa shape index (κ2) is 9.70. The highest BCUT2D eigenvalue weighted by Gasteiger charge is 2.38. The molecule has 0 aliphatic carbocycles. The maximum Gasteiger partial charge on any atom is 0.490 e. The van der Waals surface area contributed by atoms with Gasteiger partial charge in [-0.25, -0.2) is 9.78 Å². The van der Waals surface area contributed by atoms with E-state index in [1.54, 1.807) is 7.11 Å². The van der Waals surface area contributed by atoms with Crippen molar-refractivity contribution in [1.82, 2.24) is 15.2 Å². The van der Waals surface area contributed by atoms with E-state index in [-0.39, 0.29) is 17.8 Å². The van der Waals surface area contributed by atoms with Gasteiger partial charge in [-0.1, -0.05) is 0 Å². The van der Waals surface area contributed by atoms with E-state index in [4.69, 9.17) is 19.1 Å². The van der Waals surface area contributed by atoms with E-state index >= 15 is 0 Å². The smallest absolute Gasteiger partial charge is 0.475 e. The van der Waals surface area contributed by atoms with Crippen molar-refractivity contribution in [3.05, 3.63) is 17.3 Å². The summed E-state index contributed by atoms with van der Waals surface area (Å²) >= 11 is 0. The summed E-state index contributed by atoms with van der Waals surface area (Å²) in [6.07, 6.45) is -4.28. The van der Waals surface area contributed by atoms with Gasteiger partial charge in [0, 0.05) is 38.7 Å². The normalized spacial score (nSPS) is 15.6. The van der Waals surface area contributed by atoms with Gasteiger partial charge in [-0.15, -0.1) is 0 Å². The molecular formula is C16H24F3N3O5. The topological polar surface area (TPSA) is 105 Å². The van der Waals surface area contributed by atoms with Crippen molar-refractivity contribution in [3.8, 4) is 0 Å². The predicted octanol–water partition coefficient (Wildman–Crippen LogP) is 1.84. The number of fused-ring (bicyclic) bond motifs is 1. The summed E-state index contributed by atoms with van der Waals surface area (Å²) in [6.45, 7) is 8.35. The van der Waals surface area contributed by atoms with E-state index in [2.05, 4.69) is 29.0 Å². The number of rotatable bonds is 5. The number of hydrogen-bond donors (Lipinski definition) is 2. The third-order valence-electron chi connectivity index (χ3n) is 3.72. The van der Waals surface area contributed by atoms with E-state index in [0.29, 0.717) is 12.6 Å². The zero-order chi connectivity index (χ0) is 20.8. The average molecular weight is 395 g/mol. The van der Waals surface area contributed by atoms with Crippen molar-refractivity contribution in [2.45, 2.75) is 52.0 Å². The fourth-order valence-corrected chi connectivity index (χ4v) is 2.33. The highest BCUT2D eigenvalue weighted by molar-refractivity contribution is 5.89. The monoisotopic (exact) mass is 395 g/mol. The number of methoxy groups -OCH3 is 1. The molecule has 0 spiro atoms. The number of halogens is 3. The van der Waals surface area contributed by atoms with Crippen LogP contribution in [-0.2, 0) is 22.5 Å². The highest BCUT2D eigenvalue weighted by Crippen LogP contribution is 2.21. The second-order valence-corrected chi connectivity index (χ2v) is 6.34. The molecule has 0 bridgehead atoms. The van der Waals surface area contributed by atoms with Crippen molar-refractivity contribution >= 4 is 11.9 Å². The first-order chi connectivity index (χ1) is 12.5. The minimum Gasteiger partial charge on any atom is -0.475 e. The highest BCUT2D eigenvalue weighted by atomic mass is 19.4.